The SMILES string of the molecule is N#CCC(=O)N1C[C@@H]2C(Nc3nc4cc[nH]c(=O)c4c4cc(F)ccc34)[C@@H]2C1. The topological polar surface area (TPSA) is 102 Å². The van der Waals surface area contributed by atoms with Gasteiger partial charge in [-0.05, 0) is 24.3 Å². The van der Waals surface area contributed by atoms with Crippen LogP contribution >= 0.6 is 0 Å². The van der Waals surface area contributed by atoms with Crippen LogP contribution in [0.2, 0.25) is 0 Å². The molecule has 1 saturated heterocycles. The Bertz CT molecular complexity index is 1220. The third-order valence-corrected chi connectivity index (χ3v) is 5.76. The molecule has 1 aliphatic heterocycles. The van der Waals surface area contributed by atoms with E-state index in [1.165, 1.54) is 18.3 Å². The summed E-state index contributed by atoms with van der Waals surface area (Å²) in [5, 5.41) is 13.7. The van der Waals surface area contributed by atoms with Gasteiger partial charge in [0.15, 0.2) is 0 Å². The highest BCUT2D eigenvalue weighted by atomic mass is 19.1. The Hall–Kier alpha value is -3.47. The number of piperidine rings is 1. The van der Waals surface area contributed by atoms with Crippen LogP contribution < -0.4 is 10.9 Å². The van der Waals surface area contributed by atoms with Gasteiger partial charge in [0.05, 0.1) is 17.0 Å². The van der Waals surface area contributed by atoms with Gasteiger partial charge in [0.1, 0.15) is 18.1 Å². The average Bonchev–Trinajstić information content (AvgIpc) is 3.10. The fourth-order valence-corrected chi connectivity index (χ4v) is 4.32. The first-order valence-electron chi connectivity index (χ1n) is 9.09. The minimum absolute atomic E-state index is 0.0888. The second-order valence-electron chi connectivity index (χ2n) is 7.35. The number of anilines is 1. The van der Waals surface area contributed by atoms with E-state index in [2.05, 4.69) is 15.3 Å². The van der Waals surface area contributed by atoms with E-state index < -0.39 is 5.82 Å². The molecule has 7 nitrogen and oxygen atoms in total. The highest BCUT2D eigenvalue weighted by molar-refractivity contribution is 6.09. The number of H-pyrrole nitrogens is 1. The number of aromatic amines is 1. The van der Waals surface area contributed by atoms with Gasteiger partial charge in [-0.15, -0.1) is 0 Å². The van der Waals surface area contributed by atoms with Crippen LogP contribution in [0.4, 0.5) is 10.2 Å². The van der Waals surface area contributed by atoms with Gasteiger partial charge in [-0.1, -0.05) is 0 Å². The third kappa shape index (κ3) is 2.51. The van der Waals surface area contributed by atoms with Crippen molar-refractivity contribution in [2.75, 3.05) is 18.4 Å². The van der Waals surface area contributed by atoms with Gasteiger partial charge in [-0.2, -0.15) is 5.26 Å². The zero-order valence-electron chi connectivity index (χ0n) is 14.8. The molecular weight excluding hydrogens is 361 g/mol. The summed E-state index contributed by atoms with van der Waals surface area (Å²) in [6.45, 7) is 1.26. The molecule has 0 bridgehead atoms. The van der Waals surface area contributed by atoms with Gasteiger partial charge in [-0.25, -0.2) is 9.37 Å². The molecule has 1 aromatic carbocycles. The molecule has 2 N–H and O–H groups in total. The number of carbonyl (C=O) groups excluding carboxylic acids is 1. The number of likely N-dealkylation sites (tertiary alicyclic amines) is 1. The maximum atomic E-state index is 13.9. The van der Waals surface area contributed by atoms with Crippen LogP contribution in [0.5, 0.6) is 0 Å². The van der Waals surface area contributed by atoms with Crippen LogP contribution in [0.1, 0.15) is 6.42 Å². The van der Waals surface area contributed by atoms with Crippen molar-refractivity contribution in [2.45, 2.75) is 12.5 Å². The quantitative estimate of drug-likeness (QED) is 0.680. The zero-order chi connectivity index (χ0) is 19.4. The molecule has 2 aromatic heterocycles. The number of nitrogens with zero attached hydrogens (tertiary/aromatic N) is 3. The van der Waals surface area contributed by atoms with E-state index in [0.29, 0.717) is 52.4 Å². The van der Waals surface area contributed by atoms with Gasteiger partial charge in [0.25, 0.3) is 5.56 Å². The molecule has 3 aromatic rings. The van der Waals surface area contributed by atoms with E-state index in [1.807, 2.05) is 6.07 Å². The Balaban J connectivity index is 1.47. The largest absolute Gasteiger partial charge is 0.366 e. The third-order valence-electron chi connectivity index (χ3n) is 5.76. The highest BCUT2D eigenvalue weighted by Gasteiger charge is 2.57. The lowest BCUT2D eigenvalue weighted by molar-refractivity contribution is -0.129. The van der Waals surface area contributed by atoms with Crippen molar-refractivity contribution in [2.24, 2.45) is 11.8 Å². The second kappa shape index (κ2) is 6.02. The summed E-state index contributed by atoms with van der Waals surface area (Å²) in [6.07, 6.45) is 1.44. The van der Waals surface area contributed by atoms with Crippen molar-refractivity contribution in [1.82, 2.24) is 14.9 Å². The summed E-state index contributed by atoms with van der Waals surface area (Å²) in [7, 11) is 0. The summed E-state index contributed by atoms with van der Waals surface area (Å²) in [5.74, 6) is 0.702. The van der Waals surface area contributed by atoms with E-state index in [9.17, 15) is 14.0 Å². The fourth-order valence-electron chi connectivity index (χ4n) is 4.32. The number of amides is 1. The number of hydrogen-bond acceptors (Lipinski definition) is 5. The minimum Gasteiger partial charge on any atom is -0.366 e. The Morgan fingerprint density at radius 3 is 2.86 bits per heavy atom. The lowest BCUT2D eigenvalue weighted by Crippen LogP contribution is -2.33. The predicted molar refractivity (Wildman–Crippen MR) is 101 cm³/mol. The Kier molecular flexibility index (Phi) is 3.59. The fraction of sp³-hybridized carbons (Fsp3) is 0.300. The minimum atomic E-state index is -0.413. The lowest BCUT2D eigenvalue weighted by Gasteiger charge is -2.19. The molecule has 0 spiro atoms. The Morgan fingerprint density at radius 2 is 2.11 bits per heavy atom. The zero-order valence-corrected chi connectivity index (χ0v) is 14.8. The molecule has 140 valence electrons. The molecule has 1 saturated carbocycles. The van der Waals surface area contributed by atoms with E-state index in [-0.39, 0.29) is 23.9 Å². The number of carbonyl (C=O) groups is 1. The molecule has 3 heterocycles. The molecule has 5 rings (SSSR count). The summed E-state index contributed by atoms with van der Waals surface area (Å²) in [6, 6.07) is 8.11. The molecule has 1 aliphatic carbocycles. The number of hydrogen-bond donors (Lipinski definition) is 2. The van der Waals surface area contributed by atoms with Crippen LogP contribution in [-0.2, 0) is 4.79 Å². The highest BCUT2D eigenvalue weighted by Crippen LogP contribution is 2.47. The van der Waals surface area contributed by atoms with Crippen molar-refractivity contribution < 1.29 is 9.18 Å². The first-order chi connectivity index (χ1) is 13.6. The van der Waals surface area contributed by atoms with Gasteiger partial charge in [0, 0.05) is 47.9 Å². The van der Waals surface area contributed by atoms with Gasteiger partial charge >= 0.3 is 0 Å². The van der Waals surface area contributed by atoms with Crippen molar-refractivity contribution in [1.29, 1.82) is 5.26 Å². The van der Waals surface area contributed by atoms with Crippen molar-refractivity contribution in [3.05, 3.63) is 46.6 Å². The maximum Gasteiger partial charge on any atom is 0.258 e. The molecule has 2 fully saturated rings. The van der Waals surface area contributed by atoms with Crippen LogP contribution in [0.3, 0.4) is 0 Å². The number of pyridine rings is 2. The summed E-state index contributed by atoms with van der Waals surface area (Å²) in [5.41, 5.74) is 0.197. The molecule has 28 heavy (non-hydrogen) atoms. The van der Waals surface area contributed by atoms with Crippen LogP contribution in [0, 0.1) is 29.0 Å². The number of fused-ring (bicyclic) bond motifs is 4. The standard InChI is InChI=1S/C20H16FN5O2/c21-10-1-2-11-12(7-10)17-15(4-6-23-20(17)28)24-19(11)25-18-13-8-26(9-14(13)18)16(27)3-5-22/h1-2,4,6-7,13-14,18H,3,8-9H2,(H,23,28)(H,24,25)/t13-,14+,18?. The first-order valence-corrected chi connectivity index (χ1v) is 9.09. The number of aromatic nitrogens is 2. The molecule has 3 atom stereocenters. The van der Waals surface area contributed by atoms with Crippen LogP contribution in [0.15, 0.2) is 35.3 Å². The van der Waals surface area contributed by atoms with E-state index in [0.717, 1.165) is 0 Å². The smallest absolute Gasteiger partial charge is 0.258 e. The number of benzene rings is 1. The van der Waals surface area contributed by atoms with Crippen LogP contribution in [-0.4, -0.2) is 39.9 Å². The number of nitrogens with one attached hydrogen (secondary N) is 2. The number of nitriles is 1. The van der Waals surface area contributed by atoms with Gasteiger partial charge in [0.2, 0.25) is 5.91 Å². The normalized spacial score (nSPS) is 22.9. The Morgan fingerprint density at radius 1 is 1.32 bits per heavy atom. The summed E-state index contributed by atoms with van der Waals surface area (Å²) < 4.78 is 13.9. The second-order valence-corrected chi connectivity index (χ2v) is 7.35. The predicted octanol–water partition coefficient (Wildman–Crippen LogP) is 2.00. The number of halogens is 1. The molecule has 8 heteroatoms. The maximum absolute atomic E-state index is 13.9. The number of rotatable bonds is 3. The van der Waals surface area contributed by atoms with Crippen molar-refractivity contribution in [3.8, 4) is 6.07 Å². The molecule has 2 aliphatic rings. The molecule has 1 unspecified atom stereocenters. The van der Waals surface area contributed by atoms with Crippen molar-refractivity contribution in [3.63, 3.8) is 0 Å². The average molecular weight is 377 g/mol. The Labute approximate surface area is 158 Å². The van der Waals surface area contributed by atoms with Crippen LogP contribution in [0.25, 0.3) is 21.7 Å². The summed E-state index contributed by atoms with van der Waals surface area (Å²) in [4.78, 5) is 33.1. The molecular formula is C20H16FN5O2. The van der Waals surface area contributed by atoms with Gasteiger partial charge < -0.3 is 15.2 Å². The van der Waals surface area contributed by atoms with Gasteiger partial charge in [-0.3, -0.25) is 9.59 Å². The van der Waals surface area contributed by atoms with E-state index in [1.54, 1.807) is 17.0 Å². The van der Waals surface area contributed by atoms with E-state index >= 15 is 0 Å². The molecule has 1 amide bonds. The lowest BCUT2D eigenvalue weighted by atomic mass is 10.1. The summed E-state index contributed by atoms with van der Waals surface area (Å²) >= 11 is 0. The van der Waals surface area contributed by atoms with Crippen molar-refractivity contribution >= 4 is 33.4 Å². The first kappa shape index (κ1) is 16.7. The monoisotopic (exact) mass is 377 g/mol. The molecule has 0 radical (unpaired) electrons. The van der Waals surface area contributed by atoms with E-state index in [4.69, 9.17) is 5.26 Å².